The van der Waals surface area contributed by atoms with E-state index in [-0.39, 0.29) is 19.0 Å². The van der Waals surface area contributed by atoms with Crippen LogP contribution in [-0.2, 0) is 21.9 Å². The number of sulfonamides is 1. The summed E-state index contributed by atoms with van der Waals surface area (Å²) >= 11 is 0. The predicted octanol–water partition coefficient (Wildman–Crippen LogP) is -0.638. The van der Waals surface area contributed by atoms with Gasteiger partial charge < -0.3 is 15.1 Å². The van der Waals surface area contributed by atoms with Crippen LogP contribution in [0.5, 0.6) is 0 Å². The Kier molecular flexibility index (Phi) is 6.47. The number of hydrogen-bond donors (Lipinski definition) is 2. The maximum absolute atomic E-state index is 12.6. The van der Waals surface area contributed by atoms with E-state index in [1.165, 1.54) is 0 Å². The van der Waals surface area contributed by atoms with Gasteiger partial charge in [0.1, 0.15) is 6.54 Å². The van der Waals surface area contributed by atoms with Crippen molar-refractivity contribution in [1.29, 1.82) is 0 Å². The highest BCUT2D eigenvalue weighted by atomic mass is 32.2. The van der Waals surface area contributed by atoms with Crippen molar-refractivity contribution in [3.05, 3.63) is 12.4 Å². The predicted molar refractivity (Wildman–Crippen MR) is 105 cm³/mol. The number of anilines is 1. The third-order valence-electron chi connectivity index (χ3n) is 3.94. The summed E-state index contributed by atoms with van der Waals surface area (Å²) in [6.07, 6.45) is 4.61. The average Bonchev–Trinajstić information content (AvgIpc) is 2.95. The Hall–Kier alpha value is -2.14. The molecule has 1 aromatic heterocycles. The van der Waals surface area contributed by atoms with Gasteiger partial charge >= 0.3 is 0 Å². The Balaban J connectivity index is 2.07. The largest absolute Gasteiger partial charge is 0.357 e. The third kappa shape index (κ3) is 6.21. The van der Waals surface area contributed by atoms with Gasteiger partial charge in [0, 0.05) is 38.4 Å². The van der Waals surface area contributed by atoms with E-state index in [2.05, 4.69) is 20.1 Å². The van der Waals surface area contributed by atoms with E-state index in [0.29, 0.717) is 25.6 Å². The summed E-state index contributed by atoms with van der Waals surface area (Å²) in [6, 6.07) is 0. The quantitative estimate of drug-likeness (QED) is 0.486. The second kappa shape index (κ2) is 8.26. The molecule has 2 N–H and O–H groups in total. The van der Waals surface area contributed by atoms with Gasteiger partial charge in [-0.1, -0.05) is 0 Å². The van der Waals surface area contributed by atoms with Gasteiger partial charge in [0.25, 0.3) is 0 Å². The average molecular weight is 400 g/mol. The molecule has 2 rings (SSSR count). The molecule has 11 heteroatoms. The lowest BCUT2D eigenvalue weighted by atomic mass is 10.1. The first kappa shape index (κ1) is 21.2. The van der Waals surface area contributed by atoms with Crippen LogP contribution in [0, 0.1) is 0 Å². The Morgan fingerprint density at radius 2 is 2.07 bits per heavy atom. The van der Waals surface area contributed by atoms with Gasteiger partial charge in [-0.3, -0.25) is 14.5 Å². The van der Waals surface area contributed by atoms with Crippen LogP contribution in [-0.4, -0.2) is 79.5 Å². The van der Waals surface area contributed by atoms with Gasteiger partial charge in [-0.2, -0.15) is 5.10 Å². The molecule has 10 nitrogen and oxygen atoms in total. The molecule has 0 saturated carbocycles. The van der Waals surface area contributed by atoms with Crippen molar-refractivity contribution in [1.82, 2.24) is 24.7 Å². The van der Waals surface area contributed by atoms with Crippen molar-refractivity contribution >= 4 is 27.6 Å². The molecule has 1 saturated heterocycles. The van der Waals surface area contributed by atoms with Crippen LogP contribution >= 0.6 is 0 Å². The molecule has 0 aliphatic carbocycles. The van der Waals surface area contributed by atoms with Crippen LogP contribution in [0.25, 0.3) is 0 Å². The highest BCUT2D eigenvalue weighted by molar-refractivity contribution is 7.88. The van der Waals surface area contributed by atoms with Crippen molar-refractivity contribution in [3.8, 4) is 0 Å². The van der Waals surface area contributed by atoms with Crippen LogP contribution in [0.2, 0.25) is 0 Å². The van der Waals surface area contributed by atoms with E-state index in [9.17, 15) is 13.2 Å². The van der Waals surface area contributed by atoms with Crippen LogP contribution in [0.1, 0.15) is 20.8 Å². The molecule has 1 fully saturated rings. The molecule has 0 atom stereocenters. The number of aliphatic imine (C=N–C) groups is 1. The molecule has 27 heavy (non-hydrogen) atoms. The van der Waals surface area contributed by atoms with Crippen LogP contribution in [0.15, 0.2) is 17.4 Å². The number of piperazine rings is 1. The molecule has 2 heterocycles. The monoisotopic (exact) mass is 399 g/mol. The van der Waals surface area contributed by atoms with Gasteiger partial charge in [0.05, 0.1) is 24.7 Å². The number of aryl methyl sites for hydroxylation is 1. The Morgan fingerprint density at radius 3 is 2.59 bits per heavy atom. The fraction of sp³-hybridized carbons (Fsp3) is 0.688. The first-order valence-corrected chi connectivity index (χ1v) is 10.7. The minimum absolute atomic E-state index is 0.0339. The topological polar surface area (TPSA) is 112 Å². The lowest BCUT2D eigenvalue weighted by Gasteiger charge is -2.35. The van der Waals surface area contributed by atoms with E-state index >= 15 is 0 Å². The molecule has 1 aliphatic heterocycles. The van der Waals surface area contributed by atoms with Gasteiger partial charge in [0.2, 0.25) is 15.9 Å². The molecular weight excluding hydrogens is 370 g/mol. The lowest BCUT2D eigenvalue weighted by molar-refractivity contribution is -0.120. The summed E-state index contributed by atoms with van der Waals surface area (Å²) in [5, 5.41) is 7.29. The number of aromatic nitrogens is 2. The Morgan fingerprint density at radius 1 is 1.37 bits per heavy atom. The van der Waals surface area contributed by atoms with Crippen LogP contribution in [0.4, 0.5) is 5.69 Å². The molecule has 0 unspecified atom stereocenters. The van der Waals surface area contributed by atoms with Gasteiger partial charge in [-0.15, -0.1) is 0 Å². The zero-order valence-electron chi connectivity index (χ0n) is 16.6. The second-order valence-electron chi connectivity index (χ2n) is 7.27. The fourth-order valence-electron chi connectivity index (χ4n) is 2.91. The zero-order chi connectivity index (χ0) is 20.2. The number of hydrogen-bond acceptors (Lipinski definition) is 5. The second-order valence-corrected chi connectivity index (χ2v) is 9.02. The van der Waals surface area contributed by atoms with E-state index in [1.807, 2.05) is 25.1 Å². The zero-order valence-corrected chi connectivity index (χ0v) is 17.4. The number of nitrogens with one attached hydrogen (secondary N) is 2. The van der Waals surface area contributed by atoms with Crippen molar-refractivity contribution in [2.45, 2.75) is 26.3 Å². The minimum atomic E-state index is -3.33. The number of carbonyl (C=O) groups excluding carboxylic acids is 1. The maximum atomic E-state index is 12.6. The summed E-state index contributed by atoms with van der Waals surface area (Å²) in [5.41, 5.74) is 0.0538. The first-order chi connectivity index (χ1) is 12.5. The summed E-state index contributed by atoms with van der Waals surface area (Å²) in [4.78, 5) is 20.7. The molecule has 152 valence electrons. The van der Waals surface area contributed by atoms with E-state index in [0.717, 1.165) is 11.9 Å². The molecule has 1 amide bonds. The summed E-state index contributed by atoms with van der Waals surface area (Å²) in [7, 11) is -1.52. The maximum Gasteiger partial charge on any atom is 0.246 e. The molecular formula is C16H29N7O3S. The molecule has 0 radical (unpaired) electrons. The Labute approximate surface area is 160 Å². The normalized spacial score (nSPS) is 16.8. The molecule has 0 bridgehead atoms. The van der Waals surface area contributed by atoms with Gasteiger partial charge in [0.15, 0.2) is 5.96 Å². The van der Waals surface area contributed by atoms with Crippen molar-refractivity contribution in [2.24, 2.45) is 12.0 Å². The number of amides is 1. The van der Waals surface area contributed by atoms with Crippen molar-refractivity contribution in [2.75, 3.05) is 43.9 Å². The van der Waals surface area contributed by atoms with Crippen LogP contribution < -0.4 is 14.9 Å². The van der Waals surface area contributed by atoms with E-state index < -0.39 is 15.6 Å². The third-order valence-corrected chi connectivity index (χ3v) is 4.87. The lowest BCUT2D eigenvalue weighted by Crippen LogP contribution is -2.56. The van der Waals surface area contributed by atoms with Gasteiger partial charge in [-0.05, 0) is 20.8 Å². The minimum Gasteiger partial charge on any atom is -0.357 e. The highest BCUT2D eigenvalue weighted by Crippen LogP contribution is 2.16. The number of guanidine groups is 1. The standard InChI is InChI=1S/C16H29N7O3S/c1-6-17-15(18-12-16(2,3)20-27(5,25)26)22-7-8-23(14(24)11-22)13-9-19-21(4)10-13/h9-10,20H,6-8,11-12H2,1-5H3,(H,17,18). The summed E-state index contributed by atoms with van der Waals surface area (Å²) < 4.78 is 27.2. The summed E-state index contributed by atoms with van der Waals surface area (Å²) in [6.45, 7) is 7.73. The number of rotatable bonds is 6. The number of nitrogens with zero attached hydrogens (tertiary/aromatic N) is 5. The molecule has 1 aromatic rings. The van der Waals surface area contributed by atoms with Crippen molar-refractivity contribution in [3.63, 3.8) is 0 Å². The number of carbonyl (C=O) groups is 1. The first-order valence-electron chi connectivity index (χ1n) is 8.82. The van der Waals surface area contributed by atoms with Crippen LogP contribution in [0.3, 0.4) is 0 Å². The SMILES string of the molecule is CCNC(=NCC(C)(C)NS(C)(=O)=O)N1CCN(c2cnn(C)c2)C(=O)C1. The highest BCUT2D eigenvalue weighted by Gasteiger charge is 2.28. The van der Waals surface area contributed by atoms with E-state index in [4.69, 9.17) is 0 Å². The summed E-state index contributed by atoms with van der Waals surface area (Å²) in [5.74, 6) is 0.563. The molecule has 1 aliphatic rings. The molecule has 0 aromatic carbocycles. The van der Waals surface area contributed by atoms with Gasteiger partial charge in [-0.25, -0.2) is 13.1 Å². The Bertz CT molecular complexity index is 801. The van der Waals surface area contributed by atoms with E-state index in [1.54, 1.807) is 29.6 Å². The molecule has 0 spiro atoms. The fourth-order valence-corrected chi connectivity index (χ4v) is 3.98. The van der Waals surface area contributed by atoms with Crippen molar-refractivity contribution < 1.29 is 13.2 Å². The smallest absolute Gasteiger partial charge is 0.246 e.